The van der Waals surface area contributed by atoms with Crippen LogP contribution in [-0.4, -0.2) is 46.9 Å². The fraction of sp³-hybridized carbons (Fsp3) is 0.645. The Labute approximate surface area is 419 Å². The molecule has 0 heterocycles. The molecule has 0 bridgehead atoms. The first-order valence-electron chi connectivity index (χ1n) is 27.8. The fourth-order valence-corrected chi connectivity index (χ4v) is 7.67. The van der Waals surface area contributed by atoms with E-state index in [0.29, 0.717) is 19.3 Å². The third-order valence-electron chi connectivity index (χ3n) is 11.9. The lowest BCUT2D eigenvalue weighted by Crippen LogP contribution is -2.46. The number of esters is 1. The highest BCUT2D eigenvalue weighted by Gasteiger charge is 2.23. The summed E-state index contributed by atoms with van der Waals surface area (Å²) < 4.78 is 5.83. The number of allylic oxidation sites excluding steroid dienone is 19. The van der Waals surface area contributed by atoms with E-state index in [0.717, 1.165) is 96.3 Å². The first-order valence-corrected chi connectivity index (χ1v) is 27.8. The highest BCUT2D eigenvalue weighted by Crippen LogP contribution is 2.16. The van der Waals surface area contributed by atoms with Gasteiger partial charge in [-0.2, -0.15) is 0 Å². The summed E-state index contributed by atoms with van der Waals surface area (Å²) in [6.45, 7) is 6.29. The van der Waals surface area contributed by atoms with E-state index in [9.17, 15) is 19.8 Å². The van der Waals surface area contributed by atoms with E-state index in [1.165, 1.54) is 89.9 Å². The quantitative estimate of drug-likeness (QED) is 0.0244. The summed E-state index contributed by atoms with van der Waals surface area (Å²) in [4.78, 5) is 26.2. The highest BCUT2D eigenvalue weighted by atomic mass is 16.5. The molecule has 0 aliphatic carbocycles. The van der Waals surface area contributed by atoms with E-state index in [-0.39, 0.29) is 24.9 Å². The molecule has 0 aromatic heterocycles. The zero-order valence-electron chi connectivity index (χ0n) is 43.9. The van der Waals surface area contributed by atoms with E-state index in [2.05, 4.69) is 135 Å². The van der Waals surface area contributed by atoms with Crippen molar-refractivity contribution >= 4 is 11.9 Å². The Morgan fingerprint density at radius 3 is 1.35 bits per heavy atom. The van der Waals surface area contributed by atoms with Gasteiger partial charge in [0.2, 0.25) is 5.91 Å². The number of hydrogen-bond acceptors (Lipinski definition) is 5. The summed E-state index contributed by atoms with van der Waals surface area (Å²) >= 11 is 0. The van der Waals surface area contributed by atoms with Crippen LogP contribution in [0.4, 0.5) is 0 Å². The van der Waals surface area contributed by atoms with Crippen LogP contribution in [0.2, 0.25) is 0 Å². The predicted octanol–water partition coefficient (Wildman–Crippen LogP) is 17.2. The van der Waals surface area contributed by atoms with Gasteiger partial charge in [-0.05, 0) is 83.1 Å². The average Bonchev–Trinajstić information content (AvgIpc) is 3.33. The molecule has 0 aromatic carbocycles. The second-order valence-corrected chi connectivity index (χ2v) is 18.3. The third-order valence-corrected chi connectivity index (χ3v) is 11.9. The van der Waals surface area contributed by atoms with Gasteiger partial charge in [0, 0.05) is 6.42 Å². The van der Waals surface area contributed by atoms with Crippen LogP contribution in [0.3, 0.4) is 0 Å². The number of carbonyl (C=O) groups excluding carboxylic acids is 2. The molecule has 0 saturated carbocycles. The van der Waals surface area contributed by atoms with E-state index >= 15 is 0 Å². The lowest BCUT2D eigenvalue weighted by atomic mass is 10.0. The van der Waals surface area contributed by atoms with Gasteiger partial charge in [0.25, 0.3) is 0 Å². The van der Waals surface area contributed by atoms with E-state index in [1.807, 2.05) is 6.08 Å². The molecule has 0 aromatic rings. The summed E-state index contributed by atoms with van der Waals surface area (Å²) in [7, 11) is 0. The minimum atomic E-state index is -0.833. The Morgan fingerprint density at radius 2 is 0.868 bits per heavy atom. The predicted molar refractivity (Wildman–Crippen MR) is 296 cm³/mol. The van der Waals surface area contributed by atoms with Crippen LogP contribution in [0.15, 0.2) is 122 Å². The second kappa shape index (κ2) is 54.2. The summed E-state index contributed by atoms with van der Waals surface area (Å²) in [5.41, 5.74) is 0. The maximum atomic E-state index is 13.2. The Kier molecular flexibility index (Phi) is 51.2. The molecule has 68 heavy (non-hydrogen) atoms. The van der Waals surface area contributed by atoms with E-state index < -0.39 is 18.2 Å². The normalized spacial score (nSPS) is 14.1. The van der Waals surface area contributed by atoms with Crippen LogP contribution in [0.5, 0.6) is 0 Å². The Hall–Kier alpha value is -3.74. The molecule has 0 spiro atoms. The van der Waals surface area contributed by atoms with Crippen LogP contribution in [-0.2, 0) is 14.3 Å². The van der Waals surface area contributed by atoms with Crippen molar-refractivity contribution in [3.63, 3.8) is 0 Å². The number of ether oxygens (including phenoxy) is 1. The number of hydrogen-bond donors (Lipinski definition) is 3. The van der Waals surface area contributed by atoms with Crippen molar-refractivity contribution in [3.05, 3.63) is 122 Å². The monoisotopic (exact) mass is 942 g/mol. The molecule has 0 rings (SSSR count). The van der Waals surface area contributed by atoms with Gasteiger partial charge in [0.05, 0.1) is 25.2 Å². The Balaban J connectivity index is 4.82. The SMILES string of the molecule is CC/C=C\C/C=C\C/C=C\C/C=C\C/C=C\C/C=C\C(CC(=O)NC(CO)C(O)CCCCCCCCCCCCCCCC)OC(=O)CCCCCCC/C=C/C=C/C=C/C=C/CCCCC. The van der Waals surface area contributed by atoms with Crippen molar-refractivity contribution in [2.45, 2.75) is 251 Å². The number of aliphatic hydroxyl groups excluding tert-OH is 2. The molecule has 3 atom stereocenters. The number of nitrogens with one attached hydrogen (secondary N) is 1. The van der Waals surface area contributed by atoms with Gasteiger partial charge in [0.1, 0.15) is 6.10 Å². The molecule has 6 heteroatoms. The standard InChI is InChI=1S/C62H103NO5/c1-4-7-10-13-16-19-22-25-28-30-32-34-37-40-43-46-49-52-55-62(67)68-58(53-50-47-44-41-38-35-33-31-29-26-23-20-17-14-11-8-5-2)56-61(66)63-59(57-64)60(65)54-51-48-45-42-39-36-27-24-21-18-15-12-9-6-3/h8,11,16-17,19-20,22,25-26,28-30,32-35,41,44,50,53,58-60,64-65H,4-7,9-10,12-15,18,21,23-24,27,31,36-40,42-43,45-49,51-52,54-57H2,1-3H3,(H,63,66)/b11-8-,19-16+,20-17-,25-22+,29-26-,30-28+,34-32+,35-33-,44-41-,53-50-. The molecule has 3 N–H and O–H groups in total. The first kappa shape index (κ1) is 64.3. The molecule has 0 radical (unpaired) electrons. The van der Waals surface area contributed by atoms with Gasteiger partial charge in [-0.1, -0.05) is 258 Å². The van der Waals surface area contributed by atoms with Crippen LogP contribution in [0.1, 0.15) is 233 Å². The number of unbranched alkanes of at least 4 members (excludes halogenated alkanes) is 21. The Bertz CT molecular complexity index is 1430. The molecular weight excluding hydrogens is 839 g/mol. The number of carbonyl (C=O) groups is 2. The molecule has 0 aliphatic heterocycles. The van der Waals surface area contributed by atoms with E-state index in [1.54, 1.807) is 6.08 Å². The van der Waals surface area contributed by atoms with Crippen LogP contribution < -0.4 is 5.32 Å². The van der Waals surface area contributed by atoms with Gasteiger partial charge < -0.3 is 20.3 Å². The van der Waals surface area contributed by atoms with Crippen molar-refractivity contribution in [2.24, 2.45) is 0 Å². The summed E-state index contributed by atoms with van der Waals surface area (Å²) in [5.74, 6) is -0.664. The molecular formula is C62H103NO5. The average molecular weight is 943 g/mol. The van der Waals surface area contributed by atoms with Crippen molar-refractivity contribution in [1.82, 2.24) is 5.32 Å². The van der Waals surface area contributed by atoms with Crippen LogP contribution in [0.25, 0.3) is 0 Å². The number of rotatable bonds is 48. The molecule has 6 nitrogen and oxygen atoms in total. The van der Waals surface area contributed by atoms with Crippen LogP contribution in [0, 0.1) is 0 Å². The number of amides is 1. The van der Waals surface area contributed by atoms with Crippen molar-refractivity contribution in [2.75, 3.05) is 6.61 Å². The van der Waals surface area contributed by atoms with Gasteiger partial charge in [0.15, 0.2) is 0 Å². The zero-order valence-corrected chi connectivity index (χ0v) is 43.9. The largest absolute Gasteiger partial charge is 0.458 e. The maximum Gasteiger partial charge on any atom is 0.306 e. The molecule has 0 aliphatic rings. The fourth-order valence-electron chi connectivity index (χ4n) is 7.67. The van der Waals surface area contributed by atoms with Crippen molar-refractivity contribution in [1.29, 1.82) is 0 Å². The smallest absolute Gasteiger partial charge is 0.306 e. The molecule has 3 unspecified atom stereocenters. The lowest BCUT2D eigenvalue weighted by Gasteiger charge is -2.23. The summed E-state index contributed by atoms with van der Waals surface area (Å²) in [6.07, 6.45) is 75.7. The highest BCUT2D eigenvalue weighted by molar-refractivity contribution is 5.78. The van der Waals surface area contributed by atoms with Gasteiger partial charge in [-0.3, -0.25) is 9.59 Å². The van der Waals surface area contributed by atoms with Crippen molar-refractivity contribution in [3.8, 4) is 0 Å². The van der Waals surface area contributed by atoms with Crippen LogP contribution >= 0.6 is 0 Å². The minimum absolute atomic E-state index is 0.0643. The number of aliphatic hydroxyl groups is 2. The summed E-state index contributed by atoms with van der Waals surface area (Å²) in [6, 6.07) is -0.757. The maximum absolute atomic E-state index is 13.2. The summed E-state index contributed by atoms with van der Waals surface area (Å²) in [5, 5.41) is 23.8. The second-order valence-electron chi connectivity index (χ2n) is 18.3. The topological polar surface area (TPSA) is 95.9 Å². The Morgan fingerprint density at radius 1 is 0.471 bits per heavy atom. The van der Waals surface area contributed by atoms with Crippen molar-refractivity contribution < 1.29 is 24.5 Å². The van der Waals surface area contributed by atoms with Gasteiger partial charge >= 0.3 is 5.97 Å². The van der Waals surface area contributed by atoms with Gasteiger partial charge in [-0.25, -0.2) is 0 Å². The molecule has 1 amide bonds. The molecule has 386 valence electrons. The van der Waals surface area contributed by atoms with Gasteiger partial charge in [-0.15, -0.1) is 0 Å². The molecule has 0 fully saturated rings. The molecule has 0 saturated heterocycles. The minimum Gasteiger partial charge on any atom is -0.458 e. The lowest BCUT2D eigenvalue weighted by molar-refractivity contribution is -0.148. The first-order chi connectivity index (χ1) is 33.5. The zero-order chi connectivity index (χ0) is 49.5. The third kappa shape index (κ3) is 48.7. The van der Waals surface area contributed by atoms with E-state index in [4.69, 9.17) is 4.74 Å².